The van der Waals surface area contributed by atoms with Crippen molar-refractivity contribution in [1.29, 1.82) is 0 Å². The molecule has 160 valence electrons. The molecule has 0 spiro atoms. The number of carbonyl (C=O) groups is 4. The third-order valence-electron chi connectivity index (χ3n) is 3.89. The van der Waals surface area contributed by atoms with Crippen LogP contribution >= 0.6 is 0 Å². The molecule has 0 aromatic carbocycles. The monoisotopic (exact) mass is 400 g/mol. The Labute approximate surface area is 166 Å². The van der Waals surface area contributed by atoms with Gasteiger partial charge in [0.1, 0.15) is 0 Å². The van der Waals surface area contributed by atoms with Crippen molar-refractivity contribution in [3.05, 3.63) is 11.1 Å². The van der Waals surface area contributed by atoms with Gasteiger partial charge in [0, 0.05) is 0 Å². The molecule has 8 heteroatoms. The van der Waals surface area contributed by atoms with Gasteiger partial charge in [-0.1, -0.05) is 11.1 Å². The van der Waals surface area contributed by atoms with Crippen LogP contribution in [0.4, 0.5) is 0 Å². The average Bonchev–Trinajstić information content (AvgIpc) is 2.62. The minimum Gasteiger partial charge on any atom is -0.465 e. The molecular weight excluding hydrogens is 368 g/mol. The van der Waals surface area contributed by atoms with Crippen molar-refractivity contribution in [3.63, 3.8) is 0 Å². The number of hydrogen-bond donors (Lipinski definition) is 0. The fourth-order valence-electron chi connectivity index (χ4n) is 2.48. The van der Waals surface area contributed by atoms with Crippen molar-refractivity contribution in [2.75, 3.05) is 26.4 Å². The Morgan fingerprint density at radius 1 is 0.571 bits per heavy atom. The highest BCUT2D eigenvalue weighted by Gasteiger charge is 2.35. The summed E-state index contributed by atoms with van der Waals surface area (Å²) >= 11 is 0. The lowest BCUT2D eigenvalue weighted by Gasteiger charge is -2.20. The summed E-state index contributed by atoms with van der Waals surface area (Å²) in [7, 11) is 0. The second-order valence-electron chi connectivity index (χ2n) is 6.13. The van der Waals surface area contributed by atoms with Gasteiger partial charge in [-0.15, -0.1) is 0 Å². The van der Waals surface area contributed by atoms with Gasteiger partial charge in [-0.05, 0) is 54.4 Å². The Hall–Kier alpha value is -2.38. The molecular formula is C20H32O8. The summed E-state index contributed by atoms with van der Waals surface area (Å²) < 4.78 is 19.9. The van der Waals surface area contributed by atoms with Crippen LogP contribution in [-0.4, -0.2) is 50.3 Å². The van der Waals surface area contributed by atoms with E-state index in [-0.39, 0.29) is 39.3 Å². The molecule has 0 radical (unpaired) electrons. The minimum atomic E-state index is -1.17. The Balaban J connectivity index is 5.67. The average molecular weight is 400 g/mol. The van der Waals surface area contributed by atoms with Gasteiger partial charge in [0.05, 0.1) is 26.4 Å². The quantitative estimate of drug-likeness (QED) is 0.213. The van der Waals surface area contributed by atoms with Crippen LogP contribution in [0.15, 0.2) is 11.1 Å². The number of rotatable bonds is 12. The molecule has 0 rings (SSSR count). The lowest BCUT2D eigenvalue weighted by atomic mass is 9.89. The number of hydrogen-bond acceptors (Lipinski definition) is 8. The number of ether oxygens (including phenoxy) is 4. The first-order chi connectivity index (χ1) is 13.2. The third kappa shape index (κ3) is 8.54. The summed E-state index contributed by atoms with van der Waals surface area (Å²) in [5.41, 5.74) is 1.37. The molecule has 0 aromatic heterocycles. The lowest BCUT2D eigenvalue weighted by Crippen LogP contribution is -2.31. The molecule has 28 heavy (non-hydrogen) atoms. The zero-order valence-electron chi connectivity index (χ0n) is 17.7. The van der Waals surface area contributed by atoms with Gasteiger partial charge in [0.25, 0.3) is 0 Å². The molecule has 0 unspecified atom stereocenters. The summed E-state index contributed by atoms with van der Waals surface area (Å²) in [5.74, 6) is -5.16. The molecule has 0 aliphatic rings. The van der Waals surface area contributed by atoms with Gasteiger partial charge in [0.2, 0.25) is 0 Å². The molecule has 0 atom stereocenters. The highest BCUT2D eigenvalue weighted by molar-refractivity contribution is 5.96. The zero-order valence-corrected chi connectivity index (χ0v) is 17.7. The van der Waals surface area contributed by atoms with Crippen molar-refractivity contribution in [3.8, 4) is 0 Å². The van der Waals surface area contributed by atoms with Crippen molar-refractivity contribution in [2.24, 2.45) is 11.8 Å². The van der Waals surface area contributed by atoms with Crippen LogP contribution in [-0.2, 0) is 38.1 Å². The first kappa shape index (κ1) is 25.6. The summed E-state index contributed by atoms with van der Waals surface area (Å²) in [6, 6.07) is 0. The second-order valence-corrected chi connectivity index (χ2v) is 6.13. The molecule has 0 aromatic rings. The summed E-state index contributed by atoms with van der Waals surface area (Å²) in [6.45, 7) is 10.6. The summed E-state index contributed by atoms with van der Waals surface area (Å²) in [5, 5.41) is 0. The van der Waals surface area contributed by atoms with Crippen molar-refractivity contribution in [2.45, 2.75) is 54.4 Å². The lowest BCUT2D eigenvalue weighted by molar-refractivity contribution is -0.162. The highest BCUT2D eigenvalue weighted by atomic mass is 16.6. The molecule has 8 nitrogen and oxygen atoms in total. The minimum absolute atomic E-state index is 0.0185. The van der Waals surface area contributed by atoms with E-state index in [2.05, 4.69) is 0 Å². The SMILES string of the molecule is CCOC(=O)C(CC(CC(C(=O)OCC)C(=O)OCC)=C(C)C)C(=O)OCC. The molecule has 0 saturated heterocycles. The Kier molecular flexibility index (Phi) is 12.6. The molecule has 0 N–H and O–H groups in total. The van der Waals surface area contributed by atoms with E-state index in [4.69, 9.17) is 18.9 Å². The number of allylic oxidation sites excluding steroid dienone is 2. The van der Waals surface area contributed by atoms with Gasteiger partial charge in [-0.25, -0.2) is 0 Å². The van der Waals surface area contributed by atoms with Gasteiger partial charge >= 0.3 is 23.9 Å². The van der Waals surface area contributed by atoms with E-state index in [9.17, 15) is 19.2 Å². The maximum absolute atomic E-state index is 12.2. The van der Waals surface area contributed by atoms with E-state index in [0.717, 1.165) is 5.57 Å². The highest BCUT2D eigenvalue weighted by Crippen LogP contribution is 2.26. The standard InChI is InChI=1S/C20H32O8/c1-7-25-17(21)15(18(22)26-8-2)11-14(13(5)6)12-16(19(23)27-9-3)20(24)28-10-4/h15-16H,7-12H2,1-6H3. The van der Waals surface area contributed by atoms with Crippen LogP contribution in [0.3, 0.4) is 0 Å². The molecule has 0 bridgehead atoms. The third-order valence-corrected chi connectivity index (χ3v) is 3.89. The molecule has 0 saturated carbocycles. The maximum atomic E-state index is 12.2. The summed E-state index contributed by atoms with van der Waals surface area (Å²) in [6.07, 6.45) is -0.0371. The van der Waals surface area contributed by atoms with Crippen LogP contribution in [0.2, 0.25) is 0 Å². The zero-order chi connectivity index (χ0) is 21.7. The van der Waals surface area contributed by atoms with Gasteiger partial charge in [-0.3, -0.25) is 19.2 Å². The number of carbonyl (C=O) groups excluding carboxylic acids is 4. The van der Waals surface area contributed by atoms with E-state index in [1.165, 1.54) is 0 Å². The summed E-state index contributed by atoms with van der Waals surface area (Å²) in [4.78, 5) is 49.0. The first-order valence-corrected chi connectivity index (χ1v) is 9.54. The van der Waals surface area contributed by atoms with Crippen LogP contribution in [0.5, 0.6) is 0 Å². The smallest absolute Gasteiger partial charge is 0.320 e. The Bertz CT molecular complexity index is 495. The van der Waals surface area contributed by atoms with Gasteiger partial charge in [0.15, 0.2) is 11.8 Å². The predicted octanol–water partition coefficient (Wildman–Crippen LogP) is 2.59. The Morgan fingerprint density at radius 2 is 0.821 bits per heavy atom. The van der Waals surface area contributed by atoms with Gasteiger partial charge < -0.3 is 18.9 Å². The molecule has 0 amide bonds. The topological polar surface area (TPSA) is 105 Å². The Morgan fingerprint density at radius 3 is 1.00 bits per heavy atom. The fraction of sp³-hybridized carbons (Fsp3) is 0.700. The normalized spacial score (nSPS) is 10.4. The van der Waals surface area contributed by atoms with Crippen molar-refractivity contribution in [1.82, 2.24) is 0 Å². The van der Waals surface area contributed by atoms with E-state index in [0.29, 0.717) is 5.57 Å². The van der Waals surface area contributed by atoms with E-state index in [1.807, 2.05) is 0 Å². The largest absolute Gasteiger partial charge is 0.465 e. The van der Waals surface area contributed by atoms with Gasteiger partial charge in [-0.2, -0.15) is 0 Å². The molecule has 0 aliphatic heterocycles. The van der Waals surface area contributed by atoms with E-state index >= 15 is 0 Å². The molecule has 0 heterocycles. The molecule has 0 aliphatic carbocycles. The van der Waals surface area contributed by atoms with E-state index < -0.39 is 35.7 Å². The van der Waals surface area contributed by atoms with Crippen molar-refractivity contribution >= 4 is 23.9 Å². The second kappa shape index (κ2) is 13.7. The van der Waals surface area contributed by atoms with Crippen LogP contribution < -0.4 is 0 Å². The van der Waals surface area contributed by atoms with Crippen LogP contribution in [0.25, 0.3) is 0 Å². The van der Waals surface area contributed by atoms with E-state index in [1.54, 1.807) is 41.5 Å². The maximum Gasteiger partial charge on any atom is 0.320 e. The van der Waals surface area contributed by atoms with Crippen molar-refractivity contribution < 1.29 is 38.1 Å². The fourth-order valence-corrected chi connectivity index (χ4v) is 2.48. The molecule has 0 fully saturated rings. The van der Waals surface area contributed by atoms with Crippen LogP contribution in [0.1, 0.15) is 54.4 Å². The predicted molar refractivity (Wildman–Crippen MR) is 101 cm³/mol. The first-order valence-electron chi connectivity index (χ1n) is 9.54. The van der Waals surface area contributed by atoms with Crippen LogP contribution in [0, 0.1) is 11.8 Å². The number of esters is 4.